The van der Waals surface area contributed by atoms with Crippen molar-refractivity contribution in [3.63, 3.8) is 0 Å². The molecule has 0 spiro atoms. The van der Waals surface area contributed by atoms with Gasteiger partial charge in [0.2, 0.25) is 15.9 Å². The standard InChI is InChI=1S/C19H23ClN2O3S/c1-5-15-7-10-17(11-8-15)22(26(4,24)25)14(3)19(23)21-16-9-6-13(2)18(20)12-16/h6-12,14H,5H2,1-4H3,(H,21,23)/t14-/m1/s1. The van der Waals surface area contributed by atoms with Crippen molar-refractivity contribution in [1.29, 1.82) is 0 Å². The fraction of sp³-hybridized carbons (Fsp3) is 0.316. The minimum Gasteiger partial charge on any atom is -0.324 e. The highest BCUT2D eigenvalue weighted by Crippen LogP contribution is 2.24. The van der Waals surface area contributed by atoms with Crippen LogP contribution in [0.5, 0.6) is 0 Å². The van der Waals surface area contributed by atoms with Crippen molar-refractivity contribution in [2.24, 2.45) is 0 Å². The van der Waals surface area contributed by atoms with E-state index in [0.29, 0.717) is 16.4 Å². The largest absolute Gasteiger partial charge is 0.324 e. The molecular formula is C19H23ClN2O3S. The second kappa shape index (κ2) is 8.10. The number of carbonyl (C=O) groups excluding carboxylic acids is 1. The van der Waals surface area contributed by atoms with Crippen LogP contribution in [0.1, 0.15) is 25.0 Å². The quantitative estimate of drug-likeness (QED) is 0.805. The number of carbonyl (C=O) groups is 1. The molecule has 0 heterocycles. The molecule has 0 fully saturated rings. The molecule has 0 bridgehead atoms. The Balaban J connectivity index is 2.29. The van der Waals surface area contributed by atoms with Gasteiger partial charge in [0.15, 0.2) is 0 Å². The summed E-state index contributed by atoms with van der Waals surface area (Å²) >= 11 is 6.08. The molecule has 0 radical (unpaired) electrons. The summed E-state index contributed by atoms with van der Waals surface area (Å²) in [6.45, 7) is 5.44. The number of nitrogens with zero attached hydrogens (tertiary/aromatic N) is 1. The molecule has 26 heavy (non-hydrogen) atoms. The average molecular weight is 395 g/mol. The Morgan fingerprint density at radius 1 is 1.19 bits per heavy atom. The van der Waals surface area contributed by atoms with E-state index in [2.05, 4.69) is 5.32 Å². The maximum Gasteiger partial charge on any atom is 0.247 e. The summed E-state index contributed by atoms with van der Waals surface area (Å²) < 4.78 is 25.7. The van der Waals surface area contributed by atoms with Crippen molar-refractivity contribution in [1.82, 2.24) is 0 Å². The second-order valence-electron chi connectivity index (χ2n) is 6.21. The highest BCUT2D eigenvalue weighted by atomic mass is 35.5. The van der Waals surface area contributed by atoms with E-state index in [1.165, 1.54) is 0 Å². The van der Waals surface area contributed by atoms with Crippen LogP contribution in [0.15, 0.2) is 42.5 Å². The van der Waals surface area contributed by atoms with Crippen LogP contribution >= 0.6 is 11.6 Å². The molecule has 140 valence electrons. The predicted molar refractivity (Wildman–Crippen MR) is 107 cm³/mol. The summed E-state index contributed by atoms with van der Waals surface area (Å²) in [5.74, 6) is -0.435. The summed E-state index contributed by atoms with van der Waals surface area (Å²) in [5, 5.41) is 3.26. The Labute approximate surface area is 160 Å². The minimum absolute atomic E-state index is 0.435. The number of hydrogen-bond donors (Lipinski definition) is 1. The van der Waals surface area contributed by atoms with Gasteiger partial charge in [-0.15, -0.1) is 0 Å². The van der Waals surface area contributed by atoms with Gasteiger partial charge >= 0.3 is 0 Å². The first-order chi connectivity index (χ1) is 12.1. The lowest BCUT2D eigenvalue weighted by Crippen LogP contribution is -2.45. The minimum atomic E-state index is -3.64. The lowest BCUT2D eigenvalue weighted by atomic mass is 10.1. The lowest BCUT2D eigenvalue weighted by Gasteiger charge is -2.28. The third kappa shape index (κ3) is 4.77. The van der Waals surface area contributed by atoms with Gasteiger partial charge in [0.25, 0.3) is 0 Å². The third-order valence-electron chi connectivity index (χ3n) is 4.13. The number of aryl methyl sites for hydroxylation is 2. The number of sulfonamides is 1. The fourth-order valence-electron chi connectivity index (χ4n) is 2.60. The van der Waals surface area contributed by atoms with Crippen LogP contribution in [0.4, 0.5) is 11.4 Å². The average Bonchev–Trinajstić information content (AvgIpc) is 2.57. The molecule has 7 heteroatoms. The molecule has 1 atom stereocenters. The van der Waals surface area contributed by atoms with Gasteiger partial charge in [-0.05, 0) is 55.7 Å². The van der Waals surface area contributed by atoms with Crippen molar-refractivity contribution in [3.8, 4) is 0 Å². The molecule has 1 amide bonds. The highest BCUT2D eigenvalue weighted by Gasteiger charge is 2.29. The highest BCUT2D eigenvalue weighted by molar-refractivity contribution is 7.92. The first kappa shape index (κ1) is 20.3. The summed E-state index contributed by atoms with van der Waals surface area (Å²) in [6.07, 6.45) is 1.94. The van der Waals surface area contributed by atoms with Gasteiger partial charge in [0, 0.05) is 10.7 Å². The molecule has 5 nitrogen and oxygen atoms in total. The maximum atomic E-state index is 12.6. The van der Waals surface area contributed by atoms with E-state index in [1.54, 1.807) is 37.3 Å². The molecule has 0 saturated carbocycles. The molecule has 0 unspecified atom stereocenters. The van der Waals surface area contributed by atoms with Crippen LogP contribution in [0.3, 0.4) is 0 Å². The van der Waals surface area contributed by atoms with Crippen molar-refractivity contribution in [3.05, 3.63) is 58.6 Å². The van der Waals surface area contributed by atoms with Crippen molar-refractivity contribution >= 4 is 38.9 Å². The van der Waals surface area contributed by atoms with Gasteiger partial charge in [-0.1, -0.05) is 36.7 Å². The first-order valence-electron chi connectivity index (χ1n) is 8.29. The SMILES string of the molecule is CCc1ccc(N([C@H](C)C(=O)Nc2ccc(C)c(Cl)c2)S(C)(=O)=O)cc1. The second-order valence-corrected chi connectivity index (χ2v) is 8.47. The number of benzene rings is 2. The smallest absolute Gasteiger partial charge is 0.247 e. The molecule has 0 aliphatic heterocycles. The van der Waals surface area contributed by atoms with E-state index < -0.39 is 22.0 Å². The van der Waals surface area contributed by atoms with E-state index in [0.717, 1.165) is 28.1 Å². The molecule has 0 aliphatic carbocycles. The zero-order chi connectivity index (χ0) is 19.5. The molecule has 0 aromatic heterocycles. The Bertz CT molecular complexity index is 896. The number of rotatable bonds is 6. The van der Waals surface area contributed by atoms with Gasteiger partial charge < -0.3 is 5.32 Å². The number of hydrogen-bond acceptors (Lipinski definition) is 3. The zero-order valence-corrected chi connectivity index (χ0v) is 16.9. The molecule has 0 aliphatic rings. The number of amides is 1. The first-order valence-corrected chi connectivity index (χ1v) is 10.5. The van der Waals surface area contributed by atoms with Crippen molar-refractivity contribution in [2.75, 3.05) is 15.9 Å². The van der Waals surface area contributed by atoms with E-state index in [4.69, 9.17) is 11.6 Å². The molecule has 2 rings (SSSR count). The number of anilines is 2. The third-order valence-corrected chi connectivity index (χ3v) is 5.78. The summed E-state index contributed by atoms with van der Waals surface area (Å²) in [4.78, 5) is 12.6. The van der Waals surface area contributed by atoms with Crippen molar-refractivity contribution < 1.29 is 13.2 Å². The van der Waals surface area contributed by atoms with E-state index in [9.17, 15) is 13.2 Å². The van der Waals surface area contributed by atoms with E-state index >= 15 is 0 Å². The number of nitrogens with one attached hydrogen (secondary N) is 1. The summed E-state index contributed by atoms with van der Waals surface area (Å²) in [5.41, 5.74) is 2.96. The van der Waals surface area contributed by atoms with E-state index in [-0.39, 0.29) is 0 Å². The topological polar surface area (TPSA) is 66.5 Å². The Hall–Kier alpha value is -2.05. The molecule has 1 N–H and O–H groups in total. The summed E-state index contributed by atoms with van der Waals surface area (Å²) in [6, 6.07) is 11.4. The lowest BCUT2D eigenvalue weighted by molar-refractivity contribution is -0.116. The van der Waals surface area contributed by atoms with Gasteiger partial charge in [-0.2, -0.15) is 0 Å². The predicted octanol–water partition coefficient (Wildman–Crippen LogP) is 4.00. The molecule has 2 aromatic carbocycles. The van der Waals surface area contributed by atoms with Crippen LogP contribution < -0.4 is 9.62 Å². The van der Waals surface area contributed by atoms with Crippen LogP contribution in [0.25, 0.3) is 0 Å². The monoisotopic (exact) mass is 394 g/mol. The Morgan fingerprint density at radius 3 is 2.31 bits per heavy atom. The van der Waals surface area contributed by atoms with Gasteiger partial charge in [-0.25, -0.2) is 8.42 Å². The van der Waals surface area contributed by atoms with Crippen LogP contribution in [-0.2, 0) is 21.2 Å². The zero-order valence-electron chi connectivity index (χ0n) is 15.3. The Morgan fingerprint density at radius 2 is 1.81 bits per heavy atom. The van der Waals surface area contributed by atoms with E-state index in [1.807, 2.05) is 26.0 Å². The summed E-state index contributed by atoms with van der Waals surface area (Å²) in [7, 11) is -3.64. The number of halogens is 1. The van der Waals surface area contributed by atoms with Crippen LogP contribution in [-0.4, -0.2) is 26.6 Å². The van der Waals surface area contributed by atoms with Gasteiger partial charge in [-0.3, -0.25) is 9.10 Å². The van der Waals surface area contributed by atoms with Gasteiger partial charge in [0.1, 0.15) is 6.04 Å². The molecular weight excluding hydrogens is 372 g/mol. The Kier molecular flexibility index (Phi) is 6.31. The normalized spacial score (nSPS) is 12.5. The van der Waals surface area contributed by atoms with Gasteiger partial charge in [0.05, 0.1) is 11.9 Å². The van der Waals surface area contributed by atoms with Crippen LogP contribution in [0, 0.1) is 6.92 Å². The van der Waals surface area contributed by atoms with Crippen LogP contribution in [0.2, 0.25) is 5.02 Å². The maximum absolute atomic E-state index is 12.6. The molecule has 0 saturated heterocycles. The fourth-order valence-corrected chi connectivity index (χ4v) is 3.96. The molecule has 2 aromatic rings. The van der Waals surface area contributed by atoms with Crippen molar-refractivity contribution in [2.45, 2.75) is 33.2 Å².